The van der Waals surface area contributed by atoms with Crippen molar-refractivity contribution in [3.8, 4) is 22.6 Å². The van der Waals surface area contributed by atoms with Crippen molar-refractivity contribution in [2.45, 2.75) is 26.2 Å². The summed E-state index contributed by atoms with van der Waals surface area (Å²) in [4.78, 5) is 10.8. The molecule has 0 aliphatic rings. The summed E-state index contributed by atoms with van der Waals surface area (Å²) in [5, 5.41) is 8.84. The first-order valence-electron chi connectivity index (χ1n) is 8.06. The van der Waals surface area contributed by atoms with E-state index in [1.165, 1.54) is 5.56 Å². The average molecular weight is 328 g/mol. The van der Waals surface area contributed by atoms with E-state index in [1.807, 2.05) is 31.2 Å². The van der Waals surface area contributed by atoms with E-state index in [4.69, 9.17) is 14.6 Å². The Morgan fingerprint density at radius 2 is 1.75 bits per heavy atom. The van der Waals surface area contributed by atoms with Crippen LogP contribution in [0.15, 0.2) is 42.5 Å². The zero-order chi connectivity index (χ0) is 17.5. The molecule has 0 spiro atoms. The van der Waals surface area contributed by atoms with Gasteiger partial charge in [0.2, 0.25) is 0 Å². The van der Waals surface area contributed by atoms with Gasteiger partial charge in [-0.25, -0.2) is 0 Å². The van der Waals surface area contributed by atoms with Crippen LogP contribution in [0.1, 0.15) is 25.3 Å². The second kappa shape index (κ2) is 8.39. The summed E-state index contributed by atoms with van der Waals surface area (Å²) >= 11 is 0. The Balaban J connectivity index is 2.14. The van der Waals surface area contributed by atoms with Crippen molar-refractivity contribution in [1.82, 2.24) is 0 Å². The number of aliphatic carboxylic acids is 1. The normalized spacial score (nSPS) is 11.8. The van der Waals surface area contributed by atoms with Crippen LogP contribution in [-0.4, -0.2) is 25.3 Å². The Kier molecular flexibility index (Phi) is 6.24. The van der Waals surface area contributed by atoms with Gasteiger partial charge in [-0.1, -0.05) is 37.3 Å². The van der Waals surface area contributed by atoms with Gasteiger partial charge in [-0.05, 0) is 47.6 Å². The van der Waals surface area contributed by atoms with Crippen molar-refractivity contribution >= 4 is 5.97 Å². The molecule has 4 heteroatoms. The highest BCUT2D eigenvalue weighted by molar-refractivity contribution is 5.68. The molecule has 128 valence electrons. The summed E-state index contributed by atoms with van der Waals surface area (Å²) in [5.41, 5.74) is 3.38. The highest BCUT2D eigenvalue weighted by atomic mass is 16.5. The molecule has 0 aromatic heterocycles. The van der Waals surface area contributed by atoms with Gasteiger partial charge in [-0.2, -0.15) is 0 Å². The second-order valence-corrected chi connectivity index (χ2v) is 6.01. The molecule has 2 aromatic rings. The number of benzene rings is 2. The fourth-order valence-corrected chi connectivity index (χ4v) is 2.74. The van der Waals surface area contributed by atoms with E-state index in [9.17, 15) is 4.79 Å². The molecule has 0 heterocycles. The molecule has 0 saturated carbocycles. The molecular formula is C20H24O4. The number of carboxylic acid groups (broad SMARTS) is 1. The minimum Gasteiger partial charge on any atom is -0.493 e. The number of methoxy groups -OCH3 is 2. The summed E-state index contributed by atoms with van der Waals surface area (Å²) in [5.74, 6) is 0.851. The highest BCUT2D eigenvalue weighted by Gasteiger charge is 2.09. The quantitative estimate of drug-likeness (QED) is 0.779. The van der Waals surface area contributed by atoms with Crippen LogP contribution in [0.2, 0.25) is 0 Å². The lowest BCUT2D eigenvalue weighted by Crippen LogP contribution is -2.05. The molecule has 0 bridgehead atoms. The lowest BCUT2D eigenvalue weighted by Gasteiger charge is -2.12. The fourth-order valence-electron chi connectivity index (χ4n) is 2.74. The van der Waals surface area contributed by atoms with E-state index in [0.29, 0.717) is 11.5 Å². The second-order valence-electron chi connectivity index (χ2n) is 6.01. The van der Waals surface area contributed by atoms with Crippen molar-refractivity contribution in [1.29, 1.82) is 0 Å². The predicted molar refractivity (Wildman–Crippen MR) is 94.7 cm³/mol. The Labute approximate surface area is 143 Å². The number of ether oxygens (including phenoxy) is 2. The Bertz CT molecular complexity index is 694. The third kappa shape index (κ3) is 4.75. The van der Waals surface area contributed by atoms with Gasteiger partial charge < -0.3 is 14.6 Å². The van der Waals surface area contributed by atoms with Crippen molar-refractivity contribution in [3.63, 3.8) is 0 Å². The van der Waals surface area contributed by atoms with E-state index in [-0.39, 0.29) is 12.3 Å². The summed E-state index contributed by atoms with van der Waals surface area (Å²) < 4.78 is 10.6. The molecule has 0 amide bonds. The minimum absolute atomic E-state index is 0.173. The average Bonchev–Trinajstić information content (AvgIpc) is 2.59. The predicted octanol–water partition coefficient (Wildman–Crippen LogP) is 4.41. The van der Waals surface area contributed by atoms with Gasteiger partial charge in [0, 0.05) is 6.42 Å². The lowest BCUT2D eigenvalue weighted by molar-refractivity contribution is -0.138. The lowest BCUT2D eigenvalue weighted by atomic mass is 9.96. The van der Waals surface area contributed by atoms with Gasteiger partial charge in [0.15, 0.2) is 11.5 Å². The van der Waals surface area contributed by atoms with E-state index < -0.39 is 5.97 Å². The molecule has 1 N–H and O–H groups in total. The first kappa shape index (κ1) is 17.9. The maximum Gasteiger partial charge on any atom is 0.303 e. The van der Waals surface area contributed by atoms with Crippen LogP contribution in [-0.2, 0) is 11.2 Å². The fraction of sp³-hybridized carbons (Fsp3) is 0.350. The minimum atomic E-state index is -0.735. The Morgan fingerprint density at radius 3 is 2.42 bits per heavy atom. The van der Waals surface area contributed by atoms with Crippen LogP contribution >= 0.6 is 0 Å². The van der Waals surface area contributed by atoms with E-state index >= 15 is 0 Å². The number of hydrogen-bond donors (Lipinski definition) is 1. The molecule has 24 heavy (non-hydrogen) atoms. The largest absolute Gasteiger partial charge is 0.493 e. The molecule has 4 nitrogen and oxygen atoms in total. The van der Waals surface area contributed by atoms with Crippen molar-refractivity contribution in [3.05, 3.63) is 48.0 Å². The molecule has 0 fully saturated rings. The Hall–Kier alpha value is -2.49. The van der Waals surface area contributed by atoms with Gasteiger partial charge in [-0.3, -0.25) is 4.79 Å². The van der Waals surface area contributed by atoms with E-state index in [1.54, 1.807) is 14.2 Å². The molecule has 0 aliphatic carbocycles. The summed E-state index contributed by atoms with van der Waals surface area (Å²) in [6.07, 6.45) is 1.95. The third-order valence-corrected chi connectivity index (χ3v) is 4.09. The van der Waals surface area contributed by atoms with Crippen LogP contribution < -0.4 is 9.47 Å². The SMILES string of the molecule is COc1ccc(-c2cccc(CCC(C)CC(=O)O)c2)cc1OC. The first-order valence-corrected chi connectivity index (χ1v) is 8.06. The molecule has 0 saturated heterocycles. The molecule has 1 atom stereocenters. The molecular weight excluding hydrogens is 304 g/mol. The van der Waals surface area contributed by atoms with E-state index in [0.717, 1.165) is 24.0 Å². The van der Waals surface area contributed by atoms with Crippen LogP contribution in [0.4, 0.5) is 0 Å². The molecule has 2 rings (SSSR count). The zero-order valence-electron chi connectivity index (χ0n) is 14.4. The Morgan fingerprint density at radius 1 is 1.04 bits per heavy atom. The number of rotatable bonds is 8. The van der Waals surface area contributed by atoms with Crippen LogP contribution in [0.5, 0.6) is 11.5 Å². The summed E-state index contributed by atoms with van der Waals surface area (Å²) in [6, 6.07) is 14.2. The van der Waals surface area contributed by atoms with Crippen LogP contribution in [0.3, 0.4) is 0 Å². The highest BCUT2D eigenvalue weighted by Crippen LogP contribution is 2.32. The summed E-state index contributed by atoms with van der Waals surface area (Å²) in [7, 11) is 3.25. The summed E-state index contributed by atoms with van der Waals surface area (Å²) in [6.45, 7) is 1.98. The van der Waals surface area contributed by atoms with Crippen LogP contribution in [0.25, 0.3) is 11.1 Å². The molecule has 0 radical (unpaired) electrons. The van der Waals surface area contributed by atoms with Gasteiger partial charge >= 0.3 is 5.97 Å². The number of aryl methyl sites for hydroxylation is 1. The van der Waals surface area contributed by atoms with Gasteiger partial charge in [0.05, 0.1) is 14.2 Å². The smallest absolute Gasteiger partial charge is 0.303 e. The van der Waals surface area contributed by atoms with E-state index in [2.05, 4.69) is 18.2 Å². The maximum absolute atomic E-state index is 10.8. The number of carboxylic acids is 1. The first-order chi connectivity index (χ1) is 11.5. The zero-order valence-corrected chi connectivity index (χ0v) is 14.4. The third-order valence-electron chi connectivity index (χ3n) is 4.09. The van der Waals surface area contributed by atoms with Crippen LogP contribution in [0, 0.1) is 5.92 Å². The van der Waals surface area contributed by atoms with Gasteiger partial charge in [0.1, 0.15) is 0 Å². The topological polar surface area (TPSA) is 55.8 Å². The number of hydrogen-bond acceptors (Lipinski definition) is 3. The molecule has 2 aromatic carbocycles. The van der Waals surface area contributed by atoms with Crippen molar-refractivity contribution in [2.24, 2.45) is 5.92 Å². The maximum atomic E-state index is 10.8. The van der Waals surface area contributed by atoms with Gasteiger partial charge in [0.25, 0.3) is 0 Å². The van der Waals surface area contributed by atoms with Crippen molar-refractivity contribution < 1.29 is 19.4 Å². The van der Waals surface area contributed by atoms with Gasteiger partial charge in [-0.15, -0.1) is 0 Å². The number of carbonyl (C=O) groups is 1. The standard InChI is InChI=1S/C20H24O4/c1-14(11-20(21)22)7-8-15-5-4-6-16(12-15)17-9-10-18(23-2)19(13-17)24-3/h4-6,9-10,12-14H,7-8,11H2,1-3H3,(H,21,22). The monoisotopic (exact) mass is 328 g/mol. The molecule has 1 unspecified atom stereocenters. The van der Waals surface area contributed by atoms with Crippen molar-refractivity contribution in [2.75, 3.05) is 14.2 Å². The molecule has 0 aliphatic heterocycles.